The van der Waals surface area contributed by atoms with Crippen LogP contribution >= 0.6 is 0 Å². The van der Waals surface area contributed by atoms with Crippen molar-refractivity contribution in [1.29, 1.82) is 0 Å². The minimum atomic E-state index is -0.0278. The first-order chi connectivity index (χ1) is 10.3. The largest absolute Gasteiger partial charge is 0.338 e. The standard InChI is InChI=1S/C17H21N3O/c1-20(14-10-16-7-11-18-12-8-16)17(21)19-13-9-15-5-3-2-4-6-15/h2-8,11-12H,9-10,13-14H2,1H3,(H,19,21). The van der Waals surface area contributed by atoms with E-state index >= 15 is 0 Å². The second kappa shape index (κ2) is 8.04. The van der Waals surface area contributed by atoms with Crippen LogP contribution in [0.15, 0.2) is 54.9 Å². The van der Waals surface area contributed by atoms with E-state index in [0.29, 0.717) is 13.1 Å². The fourth-order valence-electron chi connectivity index (χ4n) is 2.04. The molecule has 0 spiro atoms. The van der Waals surface area contributed by atoms with Gasteiger partial charge in [-0.15, -0.1) is 0 Å². The Morgan fingerprint density at radius 2 is 1.71 bits per heavy atom. The predicted octanol–water partition coefficient (Wildman–Crippen LogP) is 2.51. The molecule has 0 unspecified atom stereocenters. The van der Waals surface area contributed by atoms with Crippen molar-refractivity contribution >= 4 is 6.03 Å². The van der Waals surface area contributed by atoms with E-state index in [2.05, 4.69) is 22.4 Å². The third-order valence-electron chi connectivity index (χ3n) is 3.36. The molecule has 0 bridgehead atoms. The fourth-order valence-corrected chi connectivity index (χ4v) is 2.04. The zero-order valence-corrected chi connectivity index (χ0v) is 12.3. The number of pyridine rings is 1. The number of amides is 2. The Labute approximate surface area is 125 Å². The molecule has 110 valence electrons. The predicted molar refractivity (Wildman–Crippen MR) is 84.1 cm³/mol. The second-order valence-electron chi connectivity index (χ2n) is 4.99. The molecular weight excluding hydrogens is 262 g/mol. The summed E-state index contributed by atoms with van der Waals surface area (Å²) in [6, 6.07) is 14.1. The Morgan fingerprint density at radius 3 is 2.43 bits per heavy atom. The molecule has 0 aliphatic carbocycles. The van der Waals surface area contributed by atoms with E-state index in [1.807, 2.05) is 37.4 Å². The first kappa shape index (κ1) is 15.0. The minimum Gasteiger partial charge on any atom is -0.338 e. The van der Waals surface area contributed by atoms with Crippen LogP contribution in [0.3, 0.4) is 0 Å². The molecule has 0 saturated carbocycles. The van der Waals surface area contributed by atoms with Crippen LogP contribution in [0.4, 0.5) is 4.79 Å². The lowest BCUT2D eigenvalue weighted by atomic mass is 10.1. The van der Waals surface area contributed by atoms with E-state index in [9.17, 15) is 4.79 Å². The maximum atomic E-state index is 12.0. The van der Waals surface area contributed by atoms with Crippen LogP contribution in [0, 0.1) is 0 Å². The van der Waals surface area contributed by atoms with Gasteiger partial charge >= 0.3 is 6.03 Å². The van der Waals surface area contributed by atoms with Gasteiger partial charge in [-0.25, -0.2) is 4.79 Å². The van der Waals surface area contributed by atoms with Crippen molar-refractivity contribution in [2.45, 2.75) is 12.8 Å². The molecule has 0 fully saturated rings. The molecular formula is C17H21N3O. The Kier molecular flexibility index (Phi) is 5.76. The number of benzene rings is 1. The minimum absolute atomic E-state index is 0.0278. The highest BCUT2D eigenvalue weighted by atomic mass is 16.2. The van der Waals surface area contributed by atoms with Crippen LogP contribution < -0.4 is 5.32 Å². The van der Waals surface area contributed by atoms with Gasteiger partial charge < -0.3 is 10.2 Å². The number of carbonyl (C=O) groups excluding carboxylic acids is 1. The molecule has 1 N–H and O–H groups in total. The summed E-state index contributed by atoms with van der Waals surface area (Å²) in [5.41, 5.74) is 2.42. The Hall–Kier alpha value is -2.36. The third kappa shape index (κ3) is 5.26. The van der Waals surface area contributed by atoms with Crippen LogP contribution in [-0.4, -0.2) is 36.1 Å². The SMILES string of the molecule is CN(CCc1ccncc1)C(=O)NCCc1ccccc1. The van der Waals surface area contributed by atoms with Gasteiger partial charge in [0.25, 0.3) is 0 Å². The van der Waals surface area contributed by atoms with E-state index in [0.717, 1.165) is 12.8 Å². The molecule has 4 nitrogen and oxygen atoms in total. The number of rotatable bonds is 6. The van der Waals surface area contributed by atoms with E-state index in [4.69, 9.17) is 0 Å². The molecule has 2 amide bonds. The summed E-state index contributed by atoms with van der Waals surface area (Å²) >= 11 is 0. The summed E-state index contributed by atoms with van der Waals surface area (Å²) in [4.78, 5) is 17.7. The summed E-state index contributed by atoms with van der Waals surface area (Å²) < 4.78 is 0. The van der Waals surface area contributed by atoms with Gasteiger partial charge in [-0.1, -0.05) is 30.3 Å². The number of aromatic nitrogens is 1. The van der Waals surface area contributed by atoms with Crippen LogP contribution in [0.25, 0.3) is 0 Å². The van der Waals surface area contributed by atoms with Gasteiger partial charge in [0.15, 0.2) is 0 Å². The molecule has 1 heterocycles. The molecule has 0 atom stereocenters. The lowest BCUT2D eigenvalue weighted by molar-refractivity contribution is 0.209. The van der Waals surface area contributed by atoms with Crippen molar-refractivity contribution in [3.8, 4) is 0 Å². The lowest BCUT2D eigenvalue weighted by Gasteiger charge is -2.18. The topological polar surface area (TPSA) is 45.2 Å². The Balaban J connectivity index is 1.68. The molecule has 4 heteroatoms. The average Bonchev–Trinajstić information content (AvgIpc) is 2.54. The first-order valence-electron chi connectivity index (χ1n) is 7.17. The van der Waals surface area contributed by atoms with E-state index < -0.39 is 0 Å². The third-order valence-corrected chi connectivity index (χ3v) is 3.36. The number of nitrogens with one attached hydrogen (secondary N) is 1. The van der Waals surface area contributed by atoms with Crippen molar-refractivity contribution in [2.75, 3.05) is 20.1 Å². The van der Waals surface area contributed by atoms with Gasteiger partial charge in [0.2, 0.25) is 0 Å². The van der Waals surface area contributed by atoms with Crippen LogP contribution in [0.5, 0.6) is 0 Å². The molecule has 1 aromatic carbocycles. The van der Waals surface area contributed by atoms with Gasteiger partial charge in [0, 0.05) is 32.5 Å². The maximum absolute atomic E-state index is 12.0. The molecule has 1 aromatic heterocycles. The summed E-state index contributed by atoms with van der Waals surface area (Å²) in [7, 11) is 1.82. The Morgan fingerprint density at radius 1 is 1.05 bits per heavy atom. The van der Waals surface area contributed by atoms with Crippen LogP contribution in [0.1, 0.15) is 11.1 Å². The van der Waals surface area contributed by atoms with E-state index in [1.165, 1.54) is 11.1 Å². The number of nitrogens with zero attached hydrogens (tertiary/aromatic N) is 2. The number of hydrogen-bond acceptors (Lipinski definition) is 2. The van der Waals surface area contributed by atoms with Gasteiger partial charge in [-0.05, 0) is 36.1 Å². The fraction of sp³-hybridized carbons (Fsp3) is 0.294. The summed E-state index contributed by atoms with van der Waals surface area (Å²) in [6.07, 6.45) is 5.24. The van der Waals surface area contributed by atoms with Gasteiger partial charge in [-0.3, -0.25) is 4.98 Å². The van der Waals surface area contributed by atoms with Crippen LogP contribution in [0.2, 0.25) is 0 Å². The quantitative estimate of drug-likeness (QED) is 0.885. The lowest BCUT2D eigenvalue weighted by Crippen LogP contribution is -2.39. The molecule has 2 rings (SSSR count). The van der Waals surface area contributed by atoms with E-state index in [1.54, 1.807) is 17.3 Å². The highest BCUT2D eigenvalue weighted by Crippen LogP contribution is 2.00. The van der Waals surface area contributed by atoms with Gasteiger partial charge in [-0.2, -0.15) is 0 Å². The molecule has 2 aromatic rings. The van der Waals surface area contributed by atoms with Crippen LogP contribution in [-0.2, 0) is 12.8 Å². The average molecular weight is 283 g/mol. The van der Waals surface area contributed by atoms with Crippen molar-refractivity contribution in [3.05, 3.63) is 66.0 Å². The summed E-state index contributed by atoms with van der Waals surface area (Å²) in [5.74, 6) is 0. The first-order valence-corrected chi connectivity index (χ1v) is 7.17. The van der Waals surface area contributed by atoms with Gasteiger partial charge in [0.05, 0.1) is 0 Å². The van der Waals surface area contributed by atoms with Gasteiger partial charge in [0.1, 0.15) is 0 Å². The number of hydrogen-bond donors (Lipinski definition) is 1. The van der Waals surface area contributed by atoms with Crippen molar-refractivity contribution in [3.63, 3.8) is 0 Å². The molecule has 0 aliphatic rings. The number of urea groups is 1. The smallest absolute Gasteiger partial charge is 0.317 e. The highest BCUT2D eigenvalue weighted by Gasteiger charge is 2.07. The molecule has 0 radical (unpaired) electrons. The zero-order valence-electron chi connectivity index (χ0n) is 12.3. The molecule has 0 saturated heterocycles. The van der Waals surface area contributed by atoms with E-state index in [-0.39, 0.29) is 6.03 Å². The normalized spacial score (nSPS) is 10.1. The number of carbonyl (C=O) groups is 1. The van der Waals surface area contributed by atoms with Crippen molar-refractivity contribution in [1.82, 2.24) is 15.2 Å². The Bertz CT molecular complexity index is 542. The van der Waals surface area contributed by atoms with Crippen molar-refractivity contribution < 1.29 is 4.79 Å². The zero-order chi connectivity index (χ0) is 14.9. The molecule has 21 heavy (non-hydrogen) atoms. The summed E-state index contributed by atoms with van der Waals surface area (Å²) in [5, 5.41) is 2.94. The monoisotopic (exact) mass is 283 g/mol. The second-order valence-corrected chi connectivity index (χ2v) is 4.99. The molecule has 0 aliphatic heterocycles. The number of likely N-dealkylation sites (N-methyl/N-ethyl adjacent to an activating group) is 1. The highest BCUT2D eigenvalue weighted by molar-refractivity contribution is 5.73. The maximum Gasteiger partial charge on any atom is 0.317 e. The van der Waals surface area contributed by atoms with Crippen molar-refractivity contribution in [2.24, 2.45) is 0 Å². The summed E-state index contributed by atoms with van der Waals surface area (Å²) in [6.45, 7) is 1.35.